The number of esters is 1. The standard InChI is InChI=1S/C17H11BrClFN2O4/c18-11-3-6-14(13(20)7-11)24-9-16(23)25-8-15-21-22-17(26-15)10-1-4-12(19)5-2-10/h1-7H,8-9H2. The first-order valence-electron chi connectivity index (χ1n) is 7.33. The Bertz CT molecular complexity index is 917. The number of benzene rings is 2. The third kappa shape index (κ3) is 4.80. The molecule has 6 nitrogen and oxygen atoms in total. The van der Waals surface area contributed by atoms with Crippen molar-refractivity contribution in [3.8, 4) is 17.2 Å². The molecule has 0 saturated carbocycles. The van der Waals surface area contributed by atoms with Gasteiger partial charge in [-0.2, -0.15) is 0 Å². The molecule has 1 heterocycles. The van der Waals surface area contributed by atoms with E-state index in [1.54, 1.807) is 30.3 Å². The van der Waals surface area contributed by atoms with Crippen LogP contribution in [0.2, 0.25) is 5.02 Å². The largest absolute Gasteiger partial charge is 0.479 e. The second-order valence-electron chi connectivity index (χ2n) is 5.03. The fourth-order valence-electron chi connectivity index (χ4n) is 1.93. The number of halogens is 3. The summed E-state index contributed by atoms with van der Waals surface area (Å²) in [5, 5.41) is 8.25. The Balaban J connectivity index is 1.51. The normalized spacial score (nSPS) is 10.6. The fraction of sp³-hybridized carbons (Fsp3) is 0.118. The highest BCUT2D eigenvalue weighted by atomic mass is 79.9. The minimum absolute atomic E-state index is 0.0482. The minimum Gasteiger partial charge on any atom is -0.479 e. The smallest absolute Gasteiger partial charge is 0.344 e. The van der Waals surface area contributed by atoms with Gasteiger partial charge in [-0.05, 0) is 42.5 Å². The van der Waals surface area contributed by atoms with E-state index in [2.05, 4.69) is 26.1 Å². The van der Waals surface area contributed by atoms with Crippen molar-refractivity contribution in [2.75, 3.05) is 6.61 Å². The topological polar surface area (TPSA) is 74.5 Å². The molecule has 9 heteroatoms. The summed E-state index contributed by atoms with van der Waals surface area (Å²) >= 11 is 8.95. The van der Waals surface area contributed by atoms with E-state index < -0.39 is 18.4 Å². The van der Waals surface area contributed by atoms with Crippen LogP contribution in [0.5, 0.6) is 5.75 Å². The average molecular weight is 442 g/mol. The number of nitrogens with zero attached hydrogens (tertiary/aromatic N) is 2. The number of carbonyl (C=O) groups excluding carboxylic acids is 1. The van der Waals surface area contributed by atoms with Gasteiger partial charge in [-0.1, -0.05) is 27.5 Å². The predicted molar refractivity (Wildman–Crippen MR) is 94.1 cm³/mol. The SMILES string of the molecule is O=C(COc1ccc(Br)cc1F)OCc1nnc(-c2ccc(Cl)cc2)o1. The van der Waals surface area contributed by atoms with Gasteiger partial charge in [0.25, 0.3) is 5.89 Å². The Morgan fingerprint density at radius 3 is 2.69 bits per heavy atom. The zero-order valence-electron chi connectivity index (χ0n) is 13.1. The maximum absolute atomic E-state index is 13.6. The Labute approximate surface area is 161 Å². The molecule has 0 fully saturated rings. The van der Waals surface area contributed by atoms with Gasteiger partial charge in [-0.15, -0.1) is 10.2 Å². The van der Waals surface area contributed by atoms with E-state index in [-0.39, 0.29) is 24.1 Å². The molecule has 0 aliphatic carbocycles. The van der Waals surface area contributed by atoms with E-state index in [0.717, 1.165) is 0 Å². The zero-order valence-corrected chi connectivity index (χ0v) is 15.5. The molecule has 134 valence electrons. The highest BCUT2D eigenvalue weighted by molar-refractivity contribution is 9.10. The molecule has 0 aliphatic rings. The van der Waals surface area contributed by atoms with Crippen molar-refractivity contribution in [3.63, 3.8) is 0 Å². The quantitative estimate of drug-likeness (QED) is 0.527. The maximum Gasteiger partial charge on any atom is 0.344 e. The third-order valence-electron chi connectivity index (χ3n) is 3.15. The Kier molecular flexibility index (Phi) is 5.85. The van der Waals surface area contributed by atoms with Crippen LogP contribution >= 0.6 is 27.5 Å². The average Bonchev–Trinajstić information content (AvgIpc) is 3.09. The van der Waals surface area contributed by atoms with E-state index in [1.165, 1.54) is 12.1 Å². The first kappa shape index (κ1) is 18.3. The van der Waals surface area contributed by atoms with Crippen LogP contribution in [-0.2, 0) is 16.1 Å². The van der Waals surface area contributed by atoms with Crippen molar-refractivity contribution >= 4 is 33.5 Å². The molecular formula is C17H11BrClFN2O4. The van der Waals surface area contributed by atoms with Gasteiger partial charge in [-0.25, -0.2) is 9.18 Å². The second-order valence-corrected chi connectivity index (χ2v) is 6.38. The molecule has 0 atom stereocenters. The molecule has 26 heavy (non-hydrogen) atoms. The number of ether oxygens (including phenoxy) is 2. The number of hydrogen-bond donors (Lipinski definition) is 0. The number of aromatic nitrogens is 2. The van der Waals surface area contributed by atoms with Gasteiger partial charge in [-0.3, -0.25) is 0 Å². The first-order valence-corrected chi connectivity index (χ1v) is 8.50. The summed E-state index contributed by atoms with van der Waals surface area (Å²) in [5.74, 6) is -0.928. The van der Waals surface area contributed by atoms with Crippen molar-refractivity contribution in [2.45, 2.75) is 6.61 Å². The van der Waals surface area contributed by atoms with Crippen LogP contribution < -0.4 is 4.74 Å². The lowest BCUT2D eigenvalue weighted by Crippen LogP contribution is -2.15. The van der Waals surface area contributed by atoms with Crippen molar-refractivity contribution in [2.24, 2.45) is 0 Å². The Morgan fingerprint density at radius 2 is 1.96 bits per heavy atom. The van der Waals surface area contributed by atoms with Crippen molar-refractivity contribution in [1.82, 2.24) is 10.2 Å². The van der Waals surface area contributed by atoms with Gasteiger partial charge in [0, 0.05) is 15.1 Å². The number of rotatable bonds is 6. The van der Waals surface area contributed by atoms with Gasteiger partial charge in [0.1, 0.15) is 0 Å². The minimum atomic E-state index is -0.696. The van der Waals surface area contributed by atoms with Crippen LogP contribution in [-0.4, -0.2) is 22.8 Å². The third-order valence-corrected chi connectivity index (χ3v) is 3.90. The summed E-state index contributed by atoms with van der Waals surface area (Å²) in [7, 11) is 0. The van der Waals surface area contributed by atoms with Crippen LogP contribution in [0.1, 0.15) is 5.89 Å². The van der Waals surface area contributed by atoms with Gasteiger partial charge >= 0.3 is 5.97 Å². The van der Waals surface area contributed by atoms with E-state index in [1.807, 2.05) is 0 Å². The van der Waals surface area contributed by atoms with Crippen molar-refractivity contribution in [3.05, 3.63) is 63.7 Å². The van der Waals surface area contributed by atoms with Crippen LogP contribution in [0.4, 0.5) is 4.39 Å². The maximum atomic E-state index is 13.6. The summed E-state index contributed by atoms with van der Waals surface area (Å²) in [6.07, 6.45) is 0. The summed E-state index contributed by atoms with van der Waals surface area (Å²) in [4.78, 5) is 11.7. The molecule has 3 aromatic rings. The summed E-state index contributed by atoms with van der Waals surface area (Å²) in [5.41, 5.74) is 0.688. The summed E-state index contributed by atoms with van der Waals surface area (Å²) < 4.78 is 29.6. The van der Waals surface area contributed by atoms with Crippen molar-refractivity contribution in [1.29, 1.82) is 0 Å². The van der Waals surface area contributed by atoms with Gasteiger partial charge in [0.2, 0.25) is 5.89 Å². The lowest BCUT2D eigenvalue weighted by atomic mass is 10.2. The van der Waals surface area contributed by atoms with Crippen LogP contribution in [0.3, 0.4) is 0 Å². The monoisotopic (exact) mass is 440 g/mol. The molecule has 0 bridgehead atoms. The van der Waals surface area contributed by atoms with Gasteiger partial charge in [0.05, 0.1) is 0 Å². The van der Waals surface area contributed by atoms with Gasteiger partial charge in [0.15, 0.2) is 24.8 Å². The van der Waals surface area contributed by atoms with Crippen LogP contribution in [0, 0.1) is 5.82 Å². The van der Waals surface area contributed by atoms with Crippen LogP contribution in [0.25, 0.3) is 11.5 Å². The Hall–Kier alpha value is -2.45. The highest BCUT2D eigenvalue weighted by Crippen LogP contribution is 2.22. The molecule has 1 aromatic heterocycles. The molecule has 3 rings (SSSR count). The molecule has 2 aromatic carbocycles. The molecule has 0 unspecified atom stereocenters. The molecule has 0 radical (unpaired) electrons. The van der Waals surface area contributed by atoms with Crippen molar-refractivity contribution < 1.29 is 23.1 Å². The van der Waals surface area contributed by atoms with E-state index in [9.17, 15) is 9.18 Å². The lowest BCUT2D eigenvalue weighted by Gasteiger charge is -2.06. The zero-order chi connectivity index (χ0) is 18.5. The molecule has 0 spiro atoms. The fourth-order valence-corrected chi connectivity index (χ4v) is 2.39. The molecular weight excluding hydrogens is 431 g/mol. The van der Waals surface area contributed by atoms with Crippen LogP contribution in [0.15, 0.2) is 51.4 Å². The molecule has 0 saturated heterocycles. The summed E-state index contributed by atoms with van der Waals surface area (Å²) in [6.45, 7) is -0.664. The second kappa shape index (κ2) is 8.29. The van der Waals surface area contributed by atoms with E-state index >= 15 is 0 Å². The number of hydrogen-bond acceptors (Lipinski definition) is 6. The predicted octanol–water partition coefficient (Wildman–Crippen LogP) is 4.41. The van der Waals surface area contributed by atoms with Gasteiger partial charge < -0.3 is 13.9 Å². The van der Waals surface area contributed by atoms with E-state index in [0.29, 0.717) is 15.1 Å². The molecule has 0 amide bonds. The van der Waals surface area contributed by atoms with E-state index in [4.69, 9.17) is 25.5 Å². The first-order chi connectivity index (χ1) is 12.5. The number of carbonyl (C=O) groups is 1. The Morgan fingerprint density at radius 1 is 1.19 bits per heavy atom. The summed E-state index contributed by atoms with van der Waals surface area (Å²) in [6, 6.07) is 11.1. The molecule has 0 aliphatic heterocycles. The lowest BCUT2D eigenvalue weighted by molar-refractivity contribution is -0.148. The highest BCUT2D eigenvalue weighted by Gasteiger charge is 2.12. The molecule has 0 N–H and O–H groups in total.